The van der Waals surface area contributed by atoms with E-state index in [-0.39, 0.29) is 11.9 Å². The summed E-state index contributed by atoms with van der Waals surface area (Å²) in [4.78, 5) is 0. The molecule has 19 heavy (non-hydrogen) atoms. The number of halogens is 1. The maximum atomic E-state index is 13.3. The van der Waals surface area contributed by atoms with Gasteiger partial charge in [-0.1, -0.05) is 0 Å². The topological polar surface area (TPSA) is 30.5 Å². The summed E-state index contributed by atoms with van der Waals surface area (Å²) in [6, 6.07) is 4.73. The number of hydrogen-bond acceptors (Lipinski definition) is 3. The molecule has 1 aliphatic heterocycles. The van der Waals surface area contributed by atoms with Gasteiger partial charge in [0.2, 0.25) is 0 Å². The summed E-state index contributed by atoms with van der Waals surface area (Å²) in [7, 11) is 1.85. The van der Waals surface area contributed by atoms with E-state index in [0.29, 0.717) is 12.7 Å². The van der Waals surface area contributed by atoms with Crippen molar-refractivity contribution in [2.75, 3.05) is 20.3 Å². The predicted octanol–water partition coefficient (Wildman–Crippen LogP) is 3.05. The van der Waals surface area contributed by atoms with E-state index < -0.39 is 0 Å². The molecule has 1 fully saturated rings. The lowest BCUT2D eigenvalue weighted by molar-refractivity contribution is 0.0901. The maximum Gasteiger partial charge on any atom is 0.124 e. The van der Waals surface area contributed by atoms with Crippen LogP contribution in [-0.2, 0) is 4.74 Å². The Labute approximate surface area is 114 Å². The van der Waals surface area contributed by atoms with Gasteiger partial charge in [0.15, 0.2) is 0 Å². The van der Waals surface area contributed by atoms with Gasteiger partial charge in [-0.25, -0.2) is 4.39 Å². The minimum Gasteiger partial charge on any atom is -0.493 e. The van der Waals surface area contributed by atoms with E-state index in [4.69, 9.17) is 9.47 Å². The maximum absolute atomic E-state index is 13.3. The largest absolute Gasteiger partial charge is 0.493 e. The first-order chi connectivity index (χ1) is 9.20. The third-order valence-electron chi connectivity index (χ3n) is 3.59. The van der Waals surface area contributed by atoms with Crippen molar-refractivity contribution < 1.29 is 13.9 Å². The molecule has 1 heterocycles. The van der Waals surface area contributed by atoms with Gasteiger partial charge < -0.3 is 14.8 Å². The second-order valence-electron chi connectivity index (χ2n) is 4.96. The van der Waals surface area contributed by atoms with Gasteiger partial charge in [0.1, 0.15) is 11.6 Å². The second-order valence-corrected chi connectivity index (χ2v) is 4.96. The second kappa shape index (κ2) is 6.87. The van der Waals surface area contributed by atoms with Crippen molar-refractivity contribution in [3.8, 4) is 5.75 Å². The minimum absolute atomic E-state index is 0.0634. The highest BCUT2D eigenvalue weighted by molar-refractivity contribution is 5.36. The van der Waals surface area contributed by atoms with Crippen LogP contribution in [0.25, 0.3) is 0 Å². The highest BCUT2D eigenvalue weighted by Gasteiger charge is 2.16. The first kappa shape index (κ1) is 14.3. The van der Waals surface area contributed by atoms with E-state index in [2.05, 4.69) is 5.32 Å². The number of ether oxygens (including phenoxy) is 2. The zero-order valence-electron chi connectivity index (χ0n) is 11.6. The summed E-state index contributed by atoms with van der Waals surface area (Å²) >= 11 is 0. The highest BCUT2D eigenvalue weighted by Crippen LogP contribution is 2.26. The molecule has 2 atom stereocenters. The predicted molar refractivity (Wildman–Crippen MR) is 73.0 cm³/mol. The Morgan fingerprint density at radius 2 is 2.37 bits per heavy atom. The third kappa shape index (κ3) is 3.91. The molecule has 0 saturated carbocycles. The third-order valence-corrected chi connectivity index (χ3v) is 3.59. The van der Waals surface area contributed by atoms with Gasteiger partial charge in [-0.3, -0.25) is 0 Å². The van der Waals surface area contributed by atoms with Crippen LogP contribution in [0.5, 0.6) is 5.75 Å². The highest BCUT2D eigenvalue weighted by atomic mass is 19.1. The van der Waals surface area contributed by atoms with Gasteiger partial charge in [-0.15, -0.1) is 0 Å². The molecule has 0 amide bonds. The van der Waals surface area contributed by atoms with E-state index in [1.54, 1.807) is 6.07 Å². The molecule has 1 aromatic rings. The van der Waals surface area contributed by atoms with Crippen molar-refractivity contribution in [1.29, 1.82) is 0 Å². The van der Waals surface area contributed by atoms with Gasteiger partial charge in [-0.05, 0) is 45.0 Å². The molecule has 2 rings (SSSR count). The fraction of sp³-hybridized carbons (Fsp3) is 0.600. The molecule has 4 heteroatoms. The molecule has 2 unspecified atom stereocenters. The first-order valence-electron chi connectivity index (χ1n) is 6.92. The molecular formula is C15H22FNO2. The number of nitrogens with one attached hydrogen (secondary N) is 1. The summed E-state index contributed by atoms with van der Waals surface area (Å²) in [5.74, 6) is 0.518. The standard InChI is InChI=1S/C15H22FNO2/c1-11(17-2)14-10-12(16)5-6-15(14)19-9-7-13-4-3-8-18-13/h5-6,10-11,13,17H,3-4,7-9H2,1-2H3. The van der Waals surface area contributed by atoms with Crippen LogP contribution >= 0.6 is 0 Å². The van der Waals surface area contributed by atoms with Crippen LogP contribution in [0.4, 0.5) is 4.39 Å². The minimum atomic E-state index is -0.233. The monoisotopic (exact) mass is 267 g/mol. The lowest BCUT2D eigenvalue weighted by Crippen LogP contribution is -2.15. The lowest BCUT2D eigenvalue weighted by atomic mass is 10.1. The molecule has 3 nitrogen and oxygen atoms in total. The van der Waals surface area contributed by atoms with Crippen LogP contribution in [0.1, 0.15) is 37.8 Å². The Morgan fingerprint density at radius 3 is 3.05 bits per heavy atom. The van der Waals surface area contributed by atoms with E-state index in [0.717, 1.165) is 37.2 Å². The van der Waals surface area contributed by atoms with Crippen molar-refractivity contribution >= 4 is 0 Å². The van der Waals surface area contributed by atoms with E-state index >= 15 is 0 Å². The van der Waals surface area contributed by atoms with E-state index in [1.165, 1.54) is 12.1 Å². The Hall–Kier alpha value is -1.13. The summed E-state index contributed by atoms with van der Waals surface area (Å²) in [5.41, 5.74) is 0.856. The Kier molecular flexibility index (Phi) is 5.16. The van der Waals surface area contributed by atoms with Crippen LogP contribution < -0.4 is 10.1 Å². The van der Waals surface area contributed by atoms with E-state index in [1.807, 2.05) is 14.0 Å². The summed E-state index contributed by atoms with van der Waals surface area (Å²) in [6.45, 7) is 3.46. The smallest absolute Gasteiger partial charge is 0.124 e. The number of rotatable bonds is 6. The fourth-order valence-corrected chi connectivity index (χ4v) is 2.32. The molecule has 1 saturated heterocycles. The SMILES string of the molecule is CNC(C)c1cc(F)ccc1OCCC1CCCO1. The van der Waals surface area contributed by atoms with Gasteiger partial charge >= 0.3 is 0 Å². The average Bonchev–Trinajstić information content (AvgIpc) is 2.92. The van der Waals surface area contributed by atoms with Crippen molar-refractivity contribution in [3.63, 3.8) is 0 Å². The molecule has 106 valence electrons. The van der Waals surface area contributed by atoms with Crippen molar-refractivity contribution in [3.05, 3.63) is 29.6 Å². The number of benzene rings is 1. The quantitative estimate of drug-likeness (QED) is 0.859. The fourth-order valence-electron chi connectivity index (χ4n) is 2.32. The van der Waals surface area contributed by atoms with Gasteiger partial charge in [0.05, 0.1) is 12.7 Å². The molecular weight excluding hydrogens is 245 g/mol. The lowest BCUT2D eigenvalue weighted by Gasteiger charge is -2.17. The van der Waals surface area contributed by atoms with Crippen molar-refractivity contribution in [2.24, 2.45) is 0 Å². The number of hydrogen-bond donors (Lipinski definition) is 1. The van der Waals surface area contributed by atoms with E-state index in [9.17, 15) is 4.39 Å². The normalized spacial score (nSPS) is 20.5. The van der Waals surface area contributed by atoms with Gasteiger partial charge in [0.25, 0.3) is 0 Å². The van der Waals surface area contributed by atoms with Crippen LogP contribution in [0.3, 0.4) is 0 Å². The zero-order chi connectivity index (χ0) is 13.7. The van der Waals surface area contributed by atoms with Crippen molar-refractivity contribution in [1.82, 2.24) is 5.32 Å². The summed E-state index contributed by atoms with van der Waals surface area (Å²) in [6.07, 6.45) is 3.48. The first-order valence-corrected chi connectivity index (χ1v) is 6.92. The molecule has 0 aliphatic carbocycles. The molecule has 1 N–H and O–H groups in total. The van der Waals surface area contributed by atoms with Gasteiger partial charge in [0, 0.05) is 24.6 Å². The average molecular weight is 267 g/mol. The van der Waals surface area contributed by atoms with Crippen LogP contribution in [0, 0.1) is 5.82 Å². The molecule has 0 radical (unpaired) electrons. The van der Waals surface area contributed by atoms with Crippen LogP contribution in [-0.4, -0.2) is 26.4 Å². The molecule has 0 bridgehead atoms. The summed E-state index contributed by atoms with van der Waals surface area (Å²) < 4.78 is 24.7. The van der Waals surface area contributed by atoms with Crippen LogP contribution in [0.15, 0.2) is 18.2 Å². The summed E-state index contributed by atoms with van der Waals surface area (Å²) in [5, 5.41) is 3.11. The molecule has 0 aromatic heterocycles. The van der Waals surface area contributed by atoms with Gasteiger partial charge in [-0.2, -0.15) is 0 Å². The molecule has 1 aromatic carbocycles. The zero-order valence-corrected chi connectivity index (χ0v) is 11.6. The molecule has 1 aliphatic rings. The Balaban J connectivity index is 1.94. The Bertz CT molecular complexity index is 405. The Morgan fingerprint density at radius 1 is 1.53 bits per heavy atom. The molecule has 0 spiro atoms. The van der Waals surface area contributed by atoms with Crippen molar-refractivity contribution in [2.45, 2.75) is 38.3 Å². The van der Waals surface area contributed by atoms with Crippen LogP contribution in [0.2, 0.25) is 0 Å².